The smallest absolute Gasteiger partial charge is 0.240 e. The zero-order valence-corrected chi connectivity index (χ0v) is 7.28. The third-order valence-electron chi connectivity index (χ3n) is 1.56. The van der Waals surface area contributed by atoms with Crippen LogP contribution in [-0.2, 0) is 0 Å². The highest BCUT2D eigenvalue weighted by molar-refractivity contribution is 7.47. The van der Waals surface area contributed by atoms with Crippen molar-refractivity contribution in [2.45, 2.75) is 0 Å². The van der Waals surface area contributed by atoms with Gasteiger partial charge in [-0.25, -0.2) is 0 Å². The summed E-state index contributed by atoms with van der Waals surface area (Å²) in [6, 6.07) is 1.74. The summed E-state index contributed by atoms with van der Waals surface area (Å²) in [6.45, 7) is 0.709. The number of hydrogen-bond donors (Lipinski definition) is 0. The number of carbonyl (C=O) groups excluding carboxylic acids is 1. The van der Waals surface area contributed by atoms with Gasteiger partial charge in [0.05, 0.1) is 6.61 Å². The van der Waals surface area contributed by atoms with E-state index in [2.05, 4.69) is 10.2 Å². The molecule has 12 heavy (non-hydrogen) atoms. The molecule has 5 heteroatoms. The molecule has 0 bridgehead atoms. The van der Waals surface area contributed by atoms with E-state index < -0.39 is 0 Å². The van der Waals surface area contributed by atoms with Crippen LogP contribution in [0.4, 0.5) is 0 Å². The Balaban J connectivity index is 2.42. The molecule has 0 saturated carbocycles. The Kier molecular flexibility index (Phi) is 2.00. The van der Waals surface area contributed by atoms with E-state index in [1.165, 1.54) is 0 Å². The summed E-state index contributed by atoms with van der Waals surface area (Å²) in [5.41, 5.74) is 0.381. The van der Waals surface area contributed by atoms with Crippen LogP contribution in [0.2, 0.25) is 0 Å². The van der Waals surface area contributed by atoms with Crippen molar-refractivity contribution in [1.29, 1.82) is 0 Å². The molecule has 4 nitrogen and oxygen atoms in total. The van der Waals surface area contributed by atoms with Gasteiger partial charge in [0, 0.05) is 11.5 Å². The first-order valence-corrected chi connectivity index (χ1v) is 4.80. The molecule has 2 rings (SSSR count). The maximum Gasteiger partial charge on any atom is 0.240 e. The Morgan fingerprint density at radius 2 is 2.50 bits per heavy atom. The van der Waals surface area contributed by atoms with Gasteiger partial charge < -0.3 is 4.74 Å². The lowest BCUT2D eigenvalue weighted by molar-refractivity contribution is 0.111. The first-order chi connectivity index (χ1) is 5.90. The zero-order valence-electron chi connectivity index (χ0n) is 6.28. The van der Waals surface area contributed by atoms with Gasteiger partial charge in [0.15, 0.2) is 6.29 Å². The van der Waals surface area contributed by atoms with Crippen LogP contribution in [0.3, 0.4) is 0 Å². The molecule has 0 amide bonds. The minimum atomic E-state index is 0.381. The molecule has 1 aliphatic heterocycles. The number of carbonyl (C=O) groups is 1. The Hall–Kier alpha value is -1.02. The first kappa shape index (κ1) is 7.62. The second-order valence-corrected chi connectivity index (χ2v) is 3.77. The van der Waals surface area contributed by atoms with Crippen LogP contribution in [-0.4, -0.2) is 29.3 Å². The monoisotopic (exact) mass is 182 g/mol. The number of fused-ring (bicyclic) bond motifs is 1. The number of nitrogens with zero attached hydrogens (tertiary/aromatic N) is 2. The fourth-order valence-corrected chi connectivity index (χ4v) is 2.02. The highest BCUT2D eigenvalue weighted by Crippen LogP contribution is 2.21. The van der Waals surface area contributed by atoms with Crippen molar-refractivity contribution in [2.75, 3.05) is 12.8 Å². The number of aromatic nitrogens is 2. The molecule has 0 radical (unpaired) electrons. The van der Waals surface area contributed by atoms with Crippen molar-refractivity contribution < 1.29 is 9.53 Å². The Morgan fingerprint density at radius 3 is 3.33 bits per heavy atom. The first-order valence-electron chi connectivity index (χ1n) is 3.60. The average molecular weight is 182 g/mol. The Labute approximate surface area is 71.1 Å². The highest BCUT2D eigenvalue weighted by atomic mass is 31.1. The lowest BCUT2D eigenvalue weighted by Crippen LogP contribution is -2.18. The summed E-state index contributed by atoms with van der Waals surface area (Å²) in [5, 5.41) is 8.48. The van der Waals surface area contributed by atoms with Gasteiger partial charge in [-0.1, -0.05) is 8.58 Å². The van der Waals surface area contributed by atoms with Crippen LogP contribution in [0.5, 0.6) is 5.88 Å². The third kappa shape index (κ3) is 1.30. The van der Waals surface area contributed by atoms with Gasteiger partial charge in [-0.05, 0) is 6.07 Å². The van der Waals surface area contributed by atoms with Crippen LogP contribution in [0.25, 0.3) is 0 Å². The molecule has 0 saturated heterocycles. The molecular formula is C7H7N2O2P. The van der Waals surface area contributed by atoms with Crippen molar-refractivity contribution in [2.24, 2.45) is 0 Å². The molecule has 0 aliphatic carbocycles. The van der Waals surface area contributed by atoms with E-state index in [1.807, 2.05) is 0 Å². The van der Waals surface area contributed by atoms with Crippen molar-refractivity contribution in [3.05, 3.63) is 11.8 Å². The summed E-state index contributed by atoms with van der Waals surface area (Å²) in [5.74, 6) is 0.588. The van der Waals surface area contributed by atoms with Gasteiger partial charge in [-0.15, -0.1) is 10.2 Å². The van der Waals surface area contributed by atoms with Gasteiger partial charge in [0.1, 0.15) is 5.69 Å². The molecule has 1 atom stereocenters. The molecule has 1 aromatic rings. The summed E-state index contributed by atoms with van der Waals surface area (Å²) in [7, 11) is 0.686. The fourth-order valence-electron chi connectivity index (χ4n) is 1.02. The van der Waals surface area contributed by atoms with Gasteiger partial charge in [0.25, 0.3) is 0 Å². The minimum absolute atomic E-state index is 0.381. The topological polar surface area (TPSA) is 52.1 Å². The van der Waals surface area contributed by atoms with Gasteiger partial charge in [-0.3, -0.25) is 4.79 Å². The van der Waals surface area contributed by atoms with Crippen LogP contribution in [0, 0.1) is 0 Å². The molecule has 1 unspecified atom stereocenters. The molecule has 0 spiro atoms. The molecule has 1 aliphatic rings. The number of hydrogen-bond acceptors (Lipinski definition) is 4. The van der Waals surface area contributed by atoms with Crippen LogP contribution in [0.1, 0.15) is 10.5 Å². The van der Waals surface area contributed by atoms with E-state index in [-0.39, 0.29) is 0 Å². The maximum atomic E-state index is 10.4. The van der Waals surface area contributed by atoms with Gasteiger partial charge >= 0.3 is 0 Å². The van der Waals surface area contributed by atoms with Crippen LogP contribution < -0.4 is 10.0 Å². The fraction of sp³-hybridized carbons (Fsp3) is 0.286. The third-order valence-corrected chi connectivity index (χ3v) is 2.75. The minimum Gasteiger partial charge on any atom is -0.476 e. The van der Waals surface area contributed by atoms with E-state index in [4.69, 9.17) is 4.74 Å². The predicted molar refractivity (Wildman–Crippen MR) is 45.7 cm³/mol. The quantitative estimate of drug-likeness (QED) is 0.452. The van der Waals surface area contributed by atoms with Crippen LogP contribution in [0.15, 0.2) is 6.07 Å². The lowest BCUT2D eigenvalue weighted by Gasteiger charge is -2.14. The standard InChI is InChI=1S/C7H7N2O2P/c10-4-5-3-6-7(9-8-5)11-1-2-12-6/h3-4,12H,1-2H2. The summed E-state index contributed by atoms with van der Waals surface area (Å²) >= 11 is 0. The molecule has 0 N–H and O–H groups in total. The second kappa shape index (κ2) is 3.15. The van der Waals surface area contributed by atoms with E-state index in [1.54, 1.807) is 6.07 Å². The highest BCUT2D eigenvalue weighted by Gasteiger charge is 2.12. The molecular weight excluding hydrogens is 175 g/mol. The normalized spacial score (nSPS) is 16.7. The molecule has 2 heterocycles. The van der Waals surface area contributed by atoms with Gasteiger partial charge in [0.2, 0.25) is 5.88 Å². The number of aldehydes is 1. The largest absolute Gasteiger partial charge is 0.476 e. The van der Waals surface area contributed by atoms with Crippen molar-refractivity contribution >= 4 is 20.2 Å². The van der Waals surface area contributed by atoms with Crippen molar-refractivity contribution in [3.63, 3.8) is 0 Å². The van der Waals surface area contributed by atoms with E-state index in [9.17, 15) is 4.79 Å². The average Bonchev–Trinajstić information content (AvgIpc) is 2.17. The lowest BCUT2D eigenvalue weighted by atomic mass is 10.4. The van der Waals surface area contributed by atoms with E-state index >= 15 is 0 Å². The Morgan fingerprint density at radius 1 is 1.58 bits per heavy atom. The number of rotatable bonds is 1. The second-order valence-electron chi connectivity index (χ2n) is 2.38. The summed E-state index contributed by atoms with van der Waals surface area (Å²) in [4.78, 5) is 10.4. The number of ether oxygens (including phenoxy) is 1. The molecule has 62 valence electrons. The molecule has 0 aromatic carbocycles. The van der Waals surface area contributed by atoms with E-state index in [0.717, 1.165) is 11.5 Å². The molecule has 0 fully saturated rings. The zero-order chi connectivity index (χ0) is 8.39. The van der Waals surface area contributed by atoms with Crippen LogP contribution >= 0.6 is 8.58 Å². The summed E-state index contributed by atoms with van der Waals surface area (Å²) < 4.78 is 5.24. The maximum absolute atomic E-state index is 10.4. The van der Waals surface area contributed by atoms with Crippen molar-refractivity contribution in [1.82, 2.24) is 10.2 Å². The van der Waals surface area contributed by atoms with E-state index in [0.29, 0.717) is 33.0 Å². The SMILES string of the molecule is O=Cc1cc2c(nn1)OCCP2. The Bertz CT molecular complexity index is 316. The van der Waals surface area contributed by atoms with Gasteiger partial charge in [-0.2, -0.15) is 0 Å². The van der Waals surface area contributed by atoms with Crippen molar-refractivity contribution in [3.8, 4) is 5.88 Å². The summed E-state index contributed by atoms with van der Waals surface area (Å²) in [6.07, 6.45) is 1.71. The predicted octanol–water partition coefficient (Wildman–Crippen LogP) is -0.0147. The molecule has 1 aromatic heterocycles.